The smallest absolute Gasteiger partial charge is 0.132 e. The Hall–Kier alpha value is -0.670. The summed E-state index contributed by atoms with van der Waals surface area (Å²) in [4.78, 5) is 12.3. The first-order chi connectivity index (χ1) is 7.22. The quantitative estimate of drug-likeness (QED) is 0.714. The molecule has 1 rings (SSSR count). The molecule has 0 amide bonds. The molecule has 3 heteroatoms. The van der Waals surface area contributed by atoms with Crippen LogP contribution in [0.3, 0.4) is 0 Å². The minimum atomic E-state index is 0.0995. The molecule has 0 aliphatic carbocycles. The molecule has 1 unspecified atom stereocenters. The van der Waals surface area contributed by atoms with E-state index in [1.54, 1.807) is 25.4 Å². The van der Waals surface area contributed by atoms with E-state index in [-0.39, 0.29) is 11.9 Å². The Morgan fingerprint density at radius 1 is 1.60 bits per heavy atom. The number of carbonyl (C=O) groups is 1. The summed E-state index contributed by atoms with van der Waals surface area (Å²) in [6.45, 7) is 1.62. The van der Waals surface area contributed by atoms with Crippen LogP contribution in [0.1, 0.15) is 31.1 Å². The van der Waals surface area contributed by atoms with E-state index in [0.29, 0.717) is 6.42 Å². The second-order valence-corrected chi connectivity index (χ2v) is 4.77. The summed E-state index contributed by atoms with van der Waals surface area (Å²) in [7, 11) is 1.68. The van der Waals surface area contributed by atoms with Crippen molar-refractivity contribution in [2.45, 2.75) is 38.7 Å². The zero-order chi connectivity index (χ0) is 11.1. The van der Waals surface area contributed by atoms with Crippen molar-refractivity contribution < 1.29 is 9.53 Å². The lowest BCUT2D eigenvalue weighted by Crippen LogP contribution is -2.14. The Bertz CT molecular complexity index is 280. The first kappa shape index (κ1) is 12.4. The molecule has 15 heavy (non-hydrogen) atoms. The molecule has 0 fully saturated rings. The van der Waals surface area contributed by atoms with Gasteiger partial charge in [-0.2, -0.15) is 0 Å². The van der Waals surface area contributed by atoms with E-state index < -0.39 is 0 Å². The number of ether oxygens (including phenoxy) is 1. The van der Waals surface area contributed by atoms with E-state index >= 15 is 0 Å². The van der Waals surface area contributed by atoms with Gasteiger partial charge < -0.3 is 4.74 Å². The minimum absolute atomic E-state index is 0.0995. The van der Waals surface area contributed by atoms with Crippen LogP contribution in [0.15, 0.2) is 17.5 Å². The average Bonchev–Trinajstić information content (AvgIpc) is 2.68. The van der Waals surface area contributed by atoms with E-state index in [1.165, 1.54) is 4.88 Å². The van der Waals surface area contributed by atoms with E-state index in [1.807, 2.05) is 0 Å². The maximum atomic E-state index is 10.9. The van der Waals surface area contributed by atoms with Crippen molar-refractivity contribution >= 4 is 17.1 Å². The van der Waals surface area contributed by atoms with E-state index in [0.717, 1.165) is 19.3 Å². The Morgan fingerprint density at radius 3 is 2.93 bits per heavy atom. The molecule has 0 spiro atoms. The van der Waals surface area contributed by atoms with Crippen molar-refractivity contribution in [3.05, 3.63) is 22.4 Å². The third-order valence-electron chi connectivity index (χ3n) is 2.38. The molecule has 0 aliphatic heterocycles. The van der Waals surface area contributed by atoms with Gasteiger partial charge in [0, 0.05) is 18.4 Å². The molecular weight excluding hydrogens is 208 g/mol. The Labute approximate surface area is 95.3 Å². The van der Waals surface area contributed by atoms with Crippen LogP contribution in [0, 0.1) is 0 Å². The van der Waals surface area contributed by atoms with Gasteiger partial charge in [0.15, 0.2) is 0 Å². The molecule has 1 aromatic heterocycles. The Kier molecular flexibility index (Phi) is 5.58. The van der Waals surface area contributed by atoms with Crippen molar-refractivity contribution in [1.29, 1.82) is 0 Å². The molecule has 0 aromatic carbocycles. The summed E-state index contributed by atoms with van der Waals surface area (Å²) >= 11 is 1.79. The first-order valence-corrected chi connectivity index (χ1v) is 6.15. The Morgan fingerprint density at radius 2 is 2.40 bits per heavy atom. The fraction of sp³-hybridized carbons (Fsp3) is 0.583. The Balaban J connectivity index is 2.20. The van der Waals surface area contributed by atoms with Crippen LogP contribution in [-0.4, -0.2) is 19.0 Å². The van der Waals surface area contributed by atoms with Gasteiger partial charge in [-0.1, -0.05) is 6.07 Å². The lowest BCUT2D eigenvalue weighted by atomic mass is 10.1. The van der Waals surface area contributed by atoms with Gasteiger partial charge in [0.2, 0.25) is 0 Å². The number of carbonyl (C=O) groups excluding carboxylic acids is 1. The number of hydrogen-bond acceptors (Lipinski definition) is 3. The molecular formula is C12H18O2S. The zero-order valence-electron chi connectivity index (χ0n) is 9.36. The van der Waals surface area contributed by atoms with Crippen LogP contribution in [0.5, 0.6) is 0 Å². The van der Waals surface area contributed by atoms with Crippen molar-refractivity contribution in [3.8, 4) is 0 Å². The van der Waals surface area contributed by atoms with Crippen LogP contribution in [0.2, 0.25) is 0 Å². The maximum absolute atomic E-state index is 10.9. The maximum Gasteiger partial charge on any atom is 0.132 e. The highest BCUT2D eigenvalue weighted by Crippen LogP contribution is 2.14. The van der Waals surface area contributed by atoms with Crippen LogP contribution in [-0.2, 0) is 16.0 Å². The van der Waals surface area contributed by atoms with Crippen molar-refractivity contribution in [2.24, 2.45) is 0 Å². The lowest BCUT2D eigenvalue weighted by Gasteiger charge is -2.12. The van der Waals surface area contributed by atoms with Gasteiger partial charge in [0.1, 0.15) is 5.78 Å². The highest BCUT2D eigenvalue weighted by molar-refractivity contribution is 7.09. The molecule has 0 N–H and O–H groups in total. The van der Waals surface area contributed by atoms with Crippen molar-refractivity contribution in [2.75, 3.05) is 7.11 Å². The van der Waals surface area contributed by atoms with Crippen molar-refractivity contribution in [1.82, 2.24) is 0 Å². The monoisotopic (exact) mass is 226 g/mol. The van der Waals surface area contributed by atoms with Crippen LogP contribution in [0.4, 0.5) is 0 Å². The van der Waals surface area contributed by atoms with Crippen molar-refractivity contribution in [3.63, 3.8) is 0 Å². The lowest BCUT2D eigenvalue weighted by molar-refractivity contribution is -0.119. The third-order valence-corrected chi connectivity index (χ3v) is 3.31. The number of Topliss-reactive ketones (excluding diaryl/α,β-unsaturated/α-hetero) is 1. The molecule has 1 atom stereocenters. The molecule has 1 aromatic rings. The molecule has 0 saturated heterocycles. The first-order valence-electron chi connectivity index (χ1n) is 5.27. The summed E-state index contributed by atoms with van der Waals surface area (Å²) in [6, 6.07) is 4.22. The predicted octanol–water partition coefficient (Wildman–Crippen LogP) is 3.06. The largest absolute Gasteiger partial charge is 0.381 e. The second kappa shape index (κ2) is 6.75. The van der Waals surface area contributed by atoms with Gasteiger partial charge in [0.05, 0.1) is 6.10 Å². The molecule has 0 saturated carbocycles. The van der Waals surface area contributed by atoms with E-state index in [4.69, 9.17) is 4.74 Å². The predicted molar refractivity (Wildman–Crippen MR) is 63.4 cm³/mol. The molecule has 0 bridgehead atoms. The zero-order valence-corrected chi connectivity index (χ0v) is 10.2. The molecule has 0 aliphatic rings. The fourth-order valence-corrected chi connectivity index (χ4v) is 2.33. The molecule has 0 radical (unpaired) electrons. The van der Waals surface area contributed by atoms with Crippen LogP contribution < -0.4 is 0 Å². The summed E-state index contributed by atoms with van der Waals surface area (Å²) in [5.41, 5.74) is 0. The number of hydrogen-bond donors (Lipinski definition) is 0. The molecule has 1 heterocycles. The van der Waals surface area contributed by atoms with Gasteiger partial charge in [0.25, 0.3) is 0 Å². The summed E-state index contributed by atoms with van der Waals surface area (Å²) in [5, 5.41) is 2.10. The SMILES string of the molecule is COC(CCCc1cccs1)CC(C)=O. The van der Waals surface area contributed by atoms with E-state index in [9.17, 15) is 4.79 Å². The minimum Gasteiger partial charge on any atom is -0.381 e. The number of aryl methyl sites for hydroxylation is 1. The van der Waals surface area contributed by atoms with Gasteiger partial charge in [-0.05, 0) is 37.6 Å². The highest BCUT2D eigenvalue weighted by atomic mass is 32.1. The van der Waals surface area contributed by atoms with E-state index in [2.05, 4.69) is 17.5 Å². The highest BCUT2D eigenvalue weighted by Gasteiger charge is 2.09. The molecule has 84 valence electrons. The normalized spacial score (nSPS) is 12.7. The average molecular weight is 226 g/mol. The number of thiophene rings is 1. The van der Waals surface area contributed by atoms with Crippen LogP contribution in [0.25, 0.3) is 0 Å². The van der Waals surface area contributed by atoms with Gasteiger partial charge >= 0.3 is 0 Å². The van der Waals surface area contributed by atoms with Crippen LogP contribution >= 0.6 is 11.3 Å². The standard InChI is InChI=1S/C12H18O2S/c1-10(13)9-11(14-2)5-3-6-12-7-4-8-15-12/h4,7-8,11H,3,5-6,9H2,1-2H3. The van der Waals surface area contributed by atoms with Gasteiger partial charge in [-0.25, -0.2) is 0 Å². The summed E-state index contributed by atoms with van der Waals surface area (Å²) in [5.74, 6) is 0.206. The third kappa shape index (κ3) is 5.09. The molecule has 2 nitrogen and oxygen atoms in total. The second-order valence-electron chi connectivity index (χ2n) is 3.74. The van der Waals surface area contributed by atoms with Gasteiger partial charge in [-0.3, -0.25) is 4.79 Å². The number of methoxy groups -OCH3 is 1. The number of ketones is 1. The summed E-state index contributed by atoms with van der Waals surface area (Å²) in [6.07, 6.45) is 3.79. The fourth-order valence-electron chi connectivity index (χ4n) is 1.58. The van der Waals surface area contributed by atoms with Gasteiger partial charge in [-0.15, -0.1) is 11.3 Å². The number of rotatable bonds is 7. The topological polar surface area (TPSA) is 26.3 Å². The summed E-state index contributed by atoms with van der Waals surface area (Å²) < 4.78 is 5.26.